The summed E-state index contributed by atoms with van der Waals surface area (Å²) < 4.78 is 5.64. The van der Waals surface area contributed by atoms with Crippen LogP contribution in [0, 0.1) is 0 Å². The van der Waals surface area contributed by atoms with Gasteiger partial charge in [0.05, 0.1) is 12.7 Å². The van der Waals surface area contributed by atoms with Gasteiger partial charge in [0, 0.05) is 17.3 Å². The van der Waals surface area contributed by atoms with Crippen LogP contribution in [-0.4, -0.2) is 12.1 Å². The lowest BCUT2D eigenvalue weighted by molar-refractivity contribution is 0.0660. The zero-order valence-corrected chi connectivity index (χ0v) is 10.8. The molecule has 1 rings (SSSR count). The first kappa shape index (κ1) is 13.0. The third kappa shape index (κ3) is 4.23. The molecule has 0 fully saturated rings. The molecule has 0 radical (unpaired) electrons. The zero-order chi connectivity index (χ0) is 12.0. The summed E-state index contributed by atoms with van der Waals surface area (Å²) in [4.78, 5) is 0. The van der Waals surface area contributed by atoms with E-state index in [1.807, 2.05) is 0 Å². The van der Waals surface area contributed by atoms with Crippen molar-refractivity contribution in [1.82, 2.24) is 0 Å². The van der Waals surface area contributed by atoms with Crippen LogP contribution in [0.4, 0.5) is 5.69 Å². The second kappa shape index (κ2) is 6.54. The molecule has 16 heavy (non-hydrogen) atoms. The van der Waals surface area contributed by atoms with Gasteiger partial charge in [0.15, 0.2) is 0 Å². The van der Waals surface area contributed by atoms with E-state index in [1.54, 1.807) is 0 Å². The van der Waals surface area contributed by atoms with Gasteiger partial charge in [-0.25, -0.2) is 0 Å². The summed E-state index contributed by atoms with van der Waals surface area (Å²) in [7, 11) is 0. The average molecular weight is 221 g/mol. The van der Waals surface area contributed by atoms with Gasteiger partial charge in [-0.1, -0.05) is 25.1 Å². The standard InChI is InChI=1S/C14H23NO/c1-5-12(4)15-14-9-7-6-8-13(14)10-16-11(2)3/h6-9,11-12,15H,5,10H2,1-4H3. The molecule has 0 saturated carbocycles. The summed E-state index contributed by atoms with van der Waals surface area (Å²) in [6, 6.07) is 8.85. The third-order valence-electron chi connectivity index (χ3n) is 2.60. The van der Waals surface area contributed by atoms with Gasteiger partial charge in [-0.15, -0.1) is 0 Å². The maximum absolute atomic E-state index is 5.64. The summed E-state index contributed by atoms with van der Waals surface area (Å²) in [5.41, 5.74) is 2.43. The smallest absolute Gasteiger partial charge is 0.0740 e. The van der Waals surface area contributed by atoms with Gasteiger partial charge in [-0.3, -0.25) is 0 Å². The summed E-state index contributed by atoms with van der Waals surface area (Å²) in [5.74, 6) is 0. The van der Waals surface area contributed by atoms with Crippen LogP contribution >= 0.6 is 0 Å². The van der Waals surface area contributed by atoms with Crippen LogP contribution in [0.2, 0.25) is 0 Å². The topological polar surface area (TPSA) is 21.3 Å². The molecule has 1 N–H and O–H groups in total. The highest BCUT2D eigenvalue weighted by Gasteiger charge is 2.05. The van der Waals surface area contributed by atoms with E-state index < -0.39 is 0 Å². The predicted octanol–water partition coefficient (Wildman–Crippen LogP) is 3.82. The maximum Gasteiger partial charge on any atom is 0.0740 e. The minimum atomic E-state index is 0.275. The molecular weight excluding hydrogens is 198 g/mol. The number of nitrogens with one attached hydrogen (secondary N) is 1. The van der Waals surface area contributed by atoms with E-state index in [4.69, 9.17) is 4.74 Å². The highest BCUT2D eigenvalue weighted by atomic mass is 16.5. The number of benzene rings is 1. The second-order valence-electron chi connectivity index (χ2n) is 4.47. The van der Waals surface area contributed by atoms with Crippen molar-refractivity contribution in [3.05, 3.63) is 29.8 Å². The Labute approximate surface area is 99.0 Å². The molecule has 0 bridgehead atoms. The van der Waals surface area contributed by atoms with Gasteiger partial charge >= 0.3 is 0 Å². The van der Waals surface area contributed by atoms with Crippen molar-refractivity contribution in [1.29, 1.82) is 0 Å². The van der Waals surface area contributed by atoms with E-state index in [0.29, 0.717) is 12.6 Å². The van der Waals surface area contributed by atoms with Crippen LogP contribution in [0.5, 0.6) is 0 Å². The van der Waals surface area contributed by atoms with Gasteiger partial charge in [0.25, 0.3) is 0 Å². The van der Waals surface area contributed by atoms with Crippen molar-refractivity contribution >= 4 is 5.69 Å². The normalized spacial score (nSPS) is 12.8. The average Bonchev–Trinajstić information content (AvgIpc) is 2.27. The number of ether oxygens (including phenoxy) is 1. The van der Waals surface area contributed by atoms with E-state index in [9.17, 15) is 0 Å². The molecule has 1 atom stereocenters. The van der Waals surface area contributed by atoms with Crippen molar-refractivity contribution < 1.29 is 4.74 Å². The van der Waals surface area contributed by atoms with Crippen LogP contribution < -0.4 is 5.32 Å². The van der Waals surface area contributed by atoms with Crippen LogP contribution in [0.25, 0.3) is 0 Å². The predicted molar refractivity (Wildman–Crippen MR) is 69.7 cm³/mol. The molecule has 0 aromatic heterocycles. The molecule has 0 aliphatic carbocycles. The van der Waals surface area contributed by atoms with Crippen LogP contribution in [0.15, 0.2) is 24.3 Å². The molecule has 2 heteroatoms. The Kier molecular flexibility index (Phi) is 5.33. The Bertz CT molecular complexity index is 309. The molecule has 2 nitrogen and oxygen atoms in total. The van der Waals surface area contributed by atoms with Gasteiger partial charge in [-0.05, 0) is 33.3 Å². The Morgan fingerprint density at radius 2 is 1.88 bits per heavy atom. The molecule has 0 aliphatic heterocycles. The third-order valence-corrected chi connectivity index (χ3v) is 2.60. The monoisotopic (exact) mass is 221 g/mol. The summed E-state index contributed by atoms with van der Waals surface area (Å²) in [6.07, 6.45) is 1.40. The fourth-order valence-corrected chi connectivity index (χ4v) is 1.41. The van der Waals surface area contributed by atoms with E-state index in [0.717, 1.165) is 6.42 Å². The van der Waals surface area contributed by atoms with E-state index in [1.165, 1.54) is 11.3 Å². The molecular formula is C14H23NO. The van der Waals surface area contributed by atoms with Crippen molar-refractivity contribution in [3.8, 4) is 0 Å². The van der Waals surface area contributed by atoms with Crippen molar-refractivity contribution in [2.24, 2.45) is 0 Å². The SMILES string of the molecule is CCC(C)Nc1ccccc1COC(C)C. The Morgan fingerprint density at radius 1 is 1.19 bits per heavy atom. The minimum absolute atomic E-state index is 0.275. The molecule has 0 aliphatic rings. The Balaban J connectivity index is 2.67. The van der Waals surface area contributed by atoms with Crippen LogP contribution in [0.1, 0.15) is 39.7 Å². The van der Waals surface area contributed by atoms with Gasteiger partial charge in [-0.2, -0.15) is 0 Å². The first-order valence-electron chi connectivity index (χ1n) is 6.09. The Morgan fingerprint density at radius 3 is 2.50 bits per heavy atom. The fourth-order valence-electron chi connectivity index (χ4n) is 1.41. The number of para-hydroxylation sites is 1. The van der Waals surface area contributed by atoms with E-state index in [-0.39, 0.29) is 6.10 Å². The largest absolute Gasteiger partial charge is 0.382 e. The molecule has 1 aromatic carbocycles. The number of anilines is 1. The van der Waals surface area contributed by atoms with Crippen molar-refractivity contribution in [3.63, 3.8) is 0 Å². The molecule has 0 spiro atoms. The van der Waals surface area contributed by atoms with E-state index in [2.05, 4.69) is 57.3 Å². The Hall–Kier alpha value is -1.02. The molecule has 0 saturated heterocycles. The molecule has 0 heterocycles. The first-order valence-corrected chi connectivity index (χ1v) is 6.09. The van der Waals surface area contributed by atoms with Crippen LogP contribution in [-0.2, 0) is 11.3 Å². The number of hydrogen-bond donors (Lipinski definition) is 1. The zero-order valence-electron chi connectivity index (χ0n) is 10.8. The summed E-state index contributed by atoms with van der Waals surface area (Å²) in [5, 5.41) is 3.50. The quantitative estimate of drug-likeness (QED) is 0.788. The lowest BCUT2D eigenvalue weighted by atomic mass is 10.1. The molecule has 1 aromatic rings. The molecule has 1 unspecified atom stereocenters. The van der Waals surface area contributed by atoms with Crippen LogP contribution in [0.3, 0.4) is 0 Å². The number of rotatable bonds is 6. The first-order chi connectivity index (χ1) is 7.63. The highest BCUT2D eigenvalue weighted by molar-refractivity contribution is 5.51. The second-order valence-corrected chi connectivity index (χ2v) is 4.47. The summed E-state index contributed by atoms with van der Waals surface area (Å²) in [6.45, 7) is 9.18. The minimum Gasteiger partial charge on any atom is -0.382 e. The summed E-state index contributed by atoms with van der Waals surface area (Å²) >= 11 is 0. The van der Waals surface area contributed by atoms with Gasteiger partial charge in [0.1, 0.15) is 0 Å². The van der Waals surface area contributed by atoms with E-state index >= 15 is 0 Å². The molecule has 90 valence electrons. The lowest BCUT2D eigenvalue weighted by Gasteiger charge is -2.17. The van der Waals surface area contributed by atoms with Gasteiger partial charge in [0.2, 0.25) is 0 Å². The molecule has 0 amide bonds. The van der Waals surface area contributed by atoms with Gasteiger partial charge < -0.3 is 10.1 Å². The fraction of sp³-hybridized carbons (Fsp3) is 0.571. The maximum atomic E-state index is 5.64. The van der Waals surface area contributed by atoms with Crippen molar-refractivity contribution in [2.75, 3.05) is 5.32 Å². The lowest BCUT2D eigenvalue weighted by Crippen LogP contribution is -2.15. The van der Waals surface area contributed by atoms with Crippen molar-refractivity contribution in [2.45, 2.75) is 52.9 Å². The highest BCUT2D eigenvalue weighted by Crippen LogP contribution is 2.18. The number of hydrogen-bond acceptors (Lipinski definition) is 2.